The van der Waals surface area contributed by atoms with Crippen LogP contribution in [0.5, 0.6) is 0 Å². The standard InChI is InChI=1S/C22H36N4O2S/c1-13(2)18(19(27)25-26-21(29)23-17-5-3-4-6-17)24-20(28)22-10-14-7-15(11-22)9-16(8-14)12-22/h13-18H,3-12H2,1-2H3,(H,24,28)(H,25,27)(H2,23,26,29)/t14?,15?,16?,18-,22?/m0/s1. The Hall–Kier alpha value is -1.37. The molecule has 7 heteroatoms. The van der Waals surface area contributed by atoms with Gasteiger partial charge in [-0.15, -0.1) is 0 Å². The molecule has 5 fully saturated rings. The molecule has 2 amide bonds. The highest BCUT2D eigenvalue weighted by Gasteiger charge is 2.55. The number of hydrogen-bond acceptors (Lipinski definition) is 3. The van der Waals surface area contributed by atoms with Crippen molar-refractivity contribution < 1.29 is 9.59 Å². The third-order valence-electron chi connectivity index (χ3n) is 7.75. The van der Waals surface area contributed by atoms with Crippen LogP contribution in [0.3, 0.4) is 0 Å². The molecule has 0 aromatic heterocycles. The van der Waals surface area contributed by atoms with Crippen molar-refractivity contribution in [2.24, 2.45) is 29.1 Å². The van der Waals surface area contributed by atoms with Crippen LogP contribution in [-0.2, 0) is 9.59 Å². The monoisotopic (exact) mass is 420 g/mol. The van der Waals surface area contributed by atoms with E-state index in [0.29, 0.717) is 28.9 Å². The Balaban J connectivity index is 1.32. The van der Waals surface area contributed by atoms with Gasteiger partial charge in [-0.3, -0.25) is 20.4 Å². The largest absolute Gasteiger partial charge is 0.359 e. The molecule has 0 radical (unpaired) electrons. The second kappa shape index (κ2) is 8.40. The molecule has 4 N–H and O–H groups in total. The minimum atomic E-state index is -0.558. The van der Waals surface area contributed by atoms with Crippen molar-refractivity contribution in [2.75, 3.05) is 0 Å². The van der Waals surface area contributed by atoms with Crippen LogP contribution < -0.4 is 21.5 Å². The van der Waals surface area contributed by atoms with Crippen molar-refractivity contribution in [2.45, 2.75) is 90.1 Å². The van der Waals surface area contributed by atoms with E-state index in [1.165, 1.54) is 32.1 Å². The van der Waals surface area contributed by atoms with Gasteiger partial charge < -0.3 is 10.6 Å². The highest BCUT2D eigenvalue weighted by molar-refractivity contribution is 7.80. The summed E-state index contributed by atoms with van der Waals surface area (Å²) in [5.41, 5.74) is 5.29. The molecule has 0 spiro atoms. The summed E-state index contributed by atoms with van der Waals surface area (Å²) in [6.07, 6.45) is 11.6. The molecule has 0 unspecified atom stereocenters. The summed E-state index contributed by atoms with van der Waals surface area (Å²) in [4.78, 5) is 26.1. The van der Waals surface area contributed by atoms with E-state index in [1.54, 1.807) is 0 Å². The lowest BCUT2D eigenvalue weighted by Crippen LogP contribution is -2.60. The number of carbonyl (C=O) groups excluding carboxylic acids is 2. The fourth-order valence-corrected chi connectivity index (χ4v) is 6.92. The minimum absolute atomic E-state index is 0.00558. The maximum atomic E-state index is 13.3. The Morgan fingerprint density at radius 1 is 0.931 bits per heavy atom. The molecule has 29 heavy (non-hydrogen) atoms. The van der Waals surface area contributed by atoms with E-state index in [4.69, 9.17) is 12.2 Å². The molecule has 0 aromatic carbocycles. The SMILES string of the molecule is CC(C)[C@H](NC(=O)C12CC3CC(CC(C3)C1)C2)C(=O)NNC(=S)NC1CCCC1. The summed E-state index contributed by atoms with van der Waals surface area (Å²) >= 11 is 5.30. The second-order valence-corrected chi connectivity index (χ2v) is 10.9. The predicted octanol–water partition coefficient (Wildman–Crippen LogP) is 2.78. The Morgan fingerprint density at radius 3 is 2.00 bits per heavy atom. The van der Waals surface area contributed by atoms with Crippen molar-refractivity contribution >= 4 is 29.1 Å². The van der Waals surface area contributed by atoms with Crippen molar-refractivity contribution in [3.05, 3.63) is 0 Å². The van der Waals surface area contributed by atoms with Crippen LogP contribution in [0.25, 0.3) is 0 Å². The second-order valence-electron chi connectivity index (χ2n) is 10.5. The molecule has 5 saturated carbocycles. The number of hydrogen-bond donors (Lipinski definition) is 4. The fourth-order valence-electron chi connectivity index (χ4n) is 6.71. The molecule has 0 aliphatic heterocycles. The van der Waals surface area contributed by atoms with Crippen LogP contribution in [0.2, 0.25) is 0 Å². The minimum Gasteiger partial charge on any atom is -0.359 e. The van der Waals surface area contributed by atoms with Crippen LogP contribution >= 0.6 is 12.2 Å². The van der Waals surface area contributed by atoms with E-state index in [1.807, 2.05) is 13.8 Å². The Bertz CT molecular complexity index is 624. The van der Waals surface area contributed by atoms with Gasteiger partial charge in [0.25, 0.3) is 5.91 Å². The van der Waals surface area contributed by atoms with E-state index in [9.17, 15) is 9.59 Å². The number of carbonyl (C=O) groups is 2. The lowest BCUT2D eigenvalue weighted by molar-refractivity contribution is -0.149. The van der Waals surface area contributed by atoms with Gasteiger partial charge >= 0.3 is 0 Å². The molecule has 4 bridgehead atoms. The fraction of sp³-hybridized carbons (Fsp3) is 0.864. The highest BCUT2D eigenvalue weighted by Crippen LogP contribution is 2.60. The van der Waals surface area contributed by atoms with Gasteiger partial charge in [-0.1, -0.05) is 26.7 Å². The summed E-state index contributed by atoms with van der Waals surface area (Å²) in [5, 5.41) is 6.81. The Kier molecular flexibility index (Phi) is 6.05. The Labute approximate surface area is 179 Å². The first-order chi connectivity index (χ1) is 13.8. The maximum Gasteiger partial charge on any atom is 0.261 e. The number of rotatable bonds is 5. The molecule has 6 nitrogen and oxygen atoms in total. The van der Waals surface area contributed by atoms with Gasteiger partial charge in [0.05, 0.1) is 0 Å². The number of thiocarbonyl (C=S) groups is 1. The maximum absolute atomic E-state index is 13.3. The lowest BCUT2D eigenvalue weighted by Gasteiger charge is -2.55. The van der Waals surface area contributed by atoms with Crippen molar-refractivity contribution in [1.29, 1.82) is 0 Å². The van der Waals surface area contributed by atoms with E-state index in [0.717, 1.165) is 32.1 Å². The normalized spacial score (nSPS) is 34.1. The van der Waals surface area contributed by atoms with E-state index < -0.39 is 6.04 Å². The molecule has 162 valence electrons. The van der Waals surface area contributed by atoms with E-state index >= 15 is 0 Å². The quantitative estimate of drug-likeness (QED) is 0.406. The first-order valence-corrected chi connectivity index (χ1v) is 11.9. The van der Waals surface area contributed by atoms with Crippen molar-refractivity contribution in [3.8, 4) is 0 Å². The number of amides is 2. The molecule has 0 saturated heterocycles. The molecule has 5 aliphatic carbocycles. The van der Waals surface area contributed by atoms with Crippen molar-refractivity contribution in [3.63, 3.8) is 0 Å². The van der Waals surface area contributed by atoms with E-state index in [2.05, 4.69) is 21.5 Å². The molecular weight excluding hydrogens is 384 g/mol. The molecule has 1 atom stereocenters. The number of hydrazine groups is 1. The first-order valence-electron chi connectivity index (χ1n) is 11.5. The van der Waals surface area contributed by atoms with Crippen LogP contribution in [0.4, 0.5) is 0 Å². The molecule has 5 rings (SSSR count). The lowest BCUT2D eigenvalue weighted by atomic mass is 9.49. The smallest absolute Gasteiger partial charge is 0.261 e. The first kappa shape index (κ1) is 20.9. The number of nitrogens with one attached hydrogen (secondary N) is 4. The zero-order chi connectivity index (χ0) is 20.6. The average molecular weight is 421 g/mol. The van der Waals surface area contributed by atoms with Gasteiger partial charge in [-0.2, -0.15) is 0 Å². The van der Waals surface area contributed by atoms with Gasteiger partial charge in [0, 0.05) is 11.5 Å². The van der Waals surface area contributed by atoms with Crippen LogP contribution in [0.1, 0.15) is 78.1 Å². The third kappa shape index (κ3) is 4.54. The van der Waals surface area contributed by atoms with Crippen LogP contribution in [0, 0.1) is 29.1 Å². The molecule has 0 heterocycles. The van der Waals surface area contributed by atoms with Gasteiger partial charge in [-0.25, -0.2) is 0 Å². The summed E-state index contributed by atoms with van der Waals surface area (Å²) in [6, 6.07) is -0.166. The van der Waals surface area contributed by atoms with Gasteiger partial charge in [0.15, 0.2) is 5.11 Å². The third-order valence-corrected chi connectivity index (χ3v) is 7.97. The van der Waals surface area contributed by atoms with Gasteiger partial charge in [0.2, 0.25) is 5.91 Å². The highest BCUT2D eigenvalue weighted by atomic mass is 32.1. The Morgan fingerprint density at radius 2 is 1.48 bits per heavy atom. The topological polar surface area (TPSA) is 82.3 Å². The zero-order valence-electron chi connectivity index (χ0n) is 17.8. The molecule has 5 aliphatic rings. The molecule has 0 aromatic rings. The summed E-state index contributed by atoms with van der Waals surface area (Å²) in [6.45, 7) is 3.94. The molecular formula is C22H36N4O2S. The van der Waals surface area contributed by atoms with Crippen LogP contribution in [-0.4, -0.2) is 29.0 Å². The van der Waals surface area contributed by atoms with E-state index in [-0.39, 0.29) is 23.1 Å². The van der Waals surface area contributed by atoms with Gasteiger partial charge in [-0.05, 0) is 87.3 Å². The summed E-state index contributed by atoms with van der Waals surface area (Å²) < 4.78 is 0. The summed E-state index contributed by atoms with van der Waals surface area (Å²) in [7, 11) is 0. The predicted molar refractivity (Wildman–Crippen MR) is 117 cm³/mol. The van der Waals surface area contributed by atoms with Gasteiger partial charge in [0.1, 0.15) is 6.04 Å². The van der Waals surface area contributed by atoms with Crippen LogP contribution in [0.15, 0.2) is 0 Å². The average Bonchev–Trinajstić information content (AvgIpc) is 3.15. The van der Waals surface area contributed by atoms with Crippen molar-refractivity contribution in [1.82, 2.24) is 21.5 Å². The summed E-state index contributed by atoms with van der Waals surface area (Å²) in [5.74, 6) is 1.99. The zero-order valence-corrected chi connectivity index (χ0v) is 18.6.